The molecule has 0 spiro atoms. The van der Waals surface area contributed by atoms with Gasteiger partial charge in [0.2, 0.25) is 0 Å². The molecule has 2 heterocycles. The molecule has 9 aromatic carbocycles. The summed E-state index contributed by atoms with van der Waals surface area (Å²) in [5.41, 5.74) is 12.2. The van der Waals surface area contributed by atoms with Gasteiger partial charge in [0.05, 0.1) is 11.4 Å². The molecule has 0 radical (unpaired) electrons. The zero-order chi connectivity index (χ0) is 37.0. The first-order chi connectivity index (χ1) is 27.8. The predicted octanol–water partition coefficient (Wildman–Crippen LogP) is 15.1. The fraction of sp³-hybridized carbons (Fsp3) is 0. The Morgan fingerprint density at radius 2 is 1.00 bits per heavy atom. The van der Waals surface area contributed by atoms with Gasteiger partial charge in [0.15, 0.2) is 11.3 Å². The van der Waals surface area contributed by atoms with E-state index in [-0.39, 0.29) is 0 Å². The van der Waals surface area contributed by atoms with Crippen LogP contribution in [0.1, 0.15) is 0 Å². The summed E-state index contributed by atoms with van der Waals surface area (Å²) >= 11 is 0. The van der Waals surface area contributed by atoms with E-state index in [0.717, 1.165) is 95.0 Å². The quantitative estimate of drug-likeness (QED) is 0.164. The number of para-hydroxylation sites is 4. The van der Waals surface area contributed by atoms with Crippen LogP contribution in [0.4, 0.5) is 34.1 Å². The van der Waals surface area contributed by atoms with Crippen molar-refractivity contribution in [1.29, 1.82) is 0 Å². The molecule has 0 fully saturated rings. The summed E-state index contributed by atoms with van der Waals surface area (Å²) < 4.78 is 13.9. The van der Waals surface area contributed by atoms with Gasteiger partial charge in [-0.05, 0) is 88.8 Å². The number of nitrogens with zero attached hydrogens (tertiary/aromatic N) is 2. The fourth-order valence-corrected chi connectivity index (χ4v) is 8.26. The molecular weight excluding hydrogens is 685 g/mol. The van der Waals surface area contributed by atoms with Gasteiger partial charge in [-0.25, -0.2) is 0 Å². The van der Waals surface area contributed by atoms with E-state index in [2.05, 4.69) is 204 Å². The third kappa shape index (κ3) is 5.23. The van der Waals surface area contributed by atoms with Gasteiger partial charge in [-0.2, -0.15) is 0 Å². The lowest BCUT2D eigenvalue weighted by molar-refractivity contribution is 0.488. The van der Waals surface area contributed by atoms with Crippen LogP contribution in [0.2, 0.25) is 0 Å². The first-order valence-electron chi connectivity index (χ1n) is 18.9. The van der Waals surface area contributed by atoms with Crippen molar-refractivity contribution in [2.75, 3.05) is 9.80 Å². The molecule has 1 aromatic heterocycles. The molecule has 56 heavy (non-hydrogen) atoms. The molecule has 4 heteroatoms. The van der Waals surface area contributed by atoms with Gasteiger partial charge in [0, 0.05) is 50.5 Å². The Morgan fingerprint density at radius 1 is 0.375 bits per heavy atom. The molecule has 0 saturated carbocycles. The normalized spacial score (nSPS) is 11.7. The highest BCUT2D eigenvalue weighted by molar-refractivity contribution is 6.12. The number of furan rings is 1. The topological polar surface area (TPSA) is 28.9 Å². The van der Waals surface area contributed by atoms with E-state index in [0.29, 0.717) is 0 Å². The third-order valence-electron chi connectivity index (χ3n) is 10.8. The monoisotopic (exact) mass is 718 g/mol. The van der Waals surface area contributed by atoms with Crippen LogP contribution >= 0.6 is 0 Å². The second kappa shape index (κ2) is 13.1. The standard InChI is InChI=1S/C52H34N2O2/c1-4-14-35(15-5-1)36-26-29-40(30-27-36)54(46-24-13-23-45-42-21-10-11-25-48(42)55-51(45)46)47-33-28-37-16-12-22-44-43-32-31-41(34-49(43)56-52(47)50(37)44)53(38-17-6-2-7-18-38)39-19-8-3-9-20-39/h1-34H. The van der Waals surface area contributed by atoms with Crippen molar-refractivity contribution in [1.82, 2.24) is 0 Å². The summed E-state index contributed by atoms with van der Waals surface area (Å²) in [6.45, 7) is 0. The fourth-order valence-electron chi connectivity index (χ4n) is 8.26. The first kappa shape index (κ1) is 31.9. The summed E-state index contributed by atoms with van der Waals surface area (Å²) in [5.74, 6) is 1.60. The molecule has 0 aliphatic carbocycles. The zero-order valence-electron chi connectivity index (χ0n) is 30.3. The Morgan fingerprint density at radius 3 is 1.77 bits per heavy atom. The van der Waals surface area contributed by atoms with Crippen LogP contribution in [0.25, 0.3) is 55.0 Å². The lowest BCUT2D eigenvalue weighted by Crippen LogP contribution is -2.13. The number of hydrogen-bond acceptors (Lipinski definition) is 4. The molecule has 0 amide bonds. The van der Waals surface area contributed by atoms with Crippen molar-refractivity contribution in [2.24, 2.45) is 0 Å². The lowest BCUT2D eigenvalue weighted by Gasteiger charge is -2.31. The molecule has 0 N–H and O–H groups in total. The zero-order valence-corrected chi connectivity index (χ0v) is 30.3. The van der Waals surface area contributed by atoms with E-state index in [1.165, 1.54) is 5.56 Å². The molecule has 0 bridgehead atoms. The number of anilines is 6. The summed E-state index contributed by atoms with van der Waals surface area (Å²) in [5, 5.41) is 4.35. The molecule has 10 aromatic rings. The van der Waals surface area contributed by atoms with Crippen LogP contribution in [-0.2, 0) is 0 Å². The summed E-state index contributed by atoms with van der Waals surface area (Å²) in [7, 11) is 0. The van der Waals surface area contributed by atoms with E-state index in [9.17, 15) is 0 Å². The summed E-state index contributed by atoms with van der Waals surface area (Å²) in [6, 6.07) is 72.4. The largest absolute Gasteiger partial charge is 0.454 e. The van der Waals surface area contributed by atoms with Gasteiger partial charge in [-0.3, -0.25) is 0 Å². The second-order valence-electron chi connectivity index (χ2n) is 14.1. The number of hydrogen-bond donors (Lipinski definition) is 0. The van der Waals surface area contributed by atoms with Crippen LogP contribution in [-0.4, -0.2) is 0 Å². The highest BCUT2D eigenvalue weighted by Crippen LogP contribution is 2.55. The predicted molar refractivity (Wildman–Crippen MR) is 232 cm³/mol. The number of fused-ring (bicyclic) bond motifs is 5. The van der Waals surface area contributed by atoms with Gasteiger partial charge in [0.25, 0.3) is 0 Å². The highest BCUT2D eigenvalue weighted by Gasteiger charge is 2.29. The van der Waals surface area contributed by atoms with E-state index in [4.69, 9.17) is 9.15 Å². The SMILES string of the molecule is c1ccc(-c2ccc(N(c3ccc4cccc5c4c3Oc3cc(N(c4ccccc4)c4ccccc4)ccc3-5)c3cccc4c3oc3ccccc34)cc2)cc1. The molecule has 11 rings (SSSR count). The maximum absolute atomic E-state index is 7.23. The van der Waals surface area contributed by atoms with E-state index in [1.807, 2.05) is 12.1 Å². The number of ether oxygens (including phenoxy) is 1. The highest BCUT2D eigenvalue weighted by atomic mass is 16.5. The molecule has 0 atom stereocenters. The van der Waals surface area contributed by atoms with Crippen LogP contribution in [0.5, 0.6) is 11.5 Å². The van der Waals surface area contributed by atoms with E-state index >= 15 is 0 Å². The van der Waals surface area contributed by atoms with Gasteiger partial charge in [-0.15, -0.1) is 0 Å². The second-order valence-corrected chi connectivity index (χ2v) is 14.1. The van der Waals surface area contributed by atoms with Gasteiger partial charge in [0.1, 0.15) is 11.3 Å². The Bertz CT molecular complexity index is 3010. The number of benzene rings is 9. The first-order valence-corrected chi connectivity index (χ1v) is 18.9. The Kier molecular flexibility index (Phi) is 7.46. The van der Waals surface area contributed by atoms with Crippen molar-refractivity contribution >= 4 is 66.8 Å². The lowest BCUT2D eigenvalue weighted by atomic mass is 9.93. The van der Waals surface area contributed by atoms with Crippen molar-refractivity contribution < 1.29 is 9.15 Å². The Hall–Kier alpha value is -7.56. The molecule has 4 nitrogen and oxygen atoms in total. The molecule has 1 aliphatic rings. The maximum Gasteiger partial charge on any atom is 0.159 e. The van der Waals surface area contributed by atoms with E-state index in [1.54, 1.807) is 0 Å². The summed E-state index contributed by atoms with van der Waals surface area (Å²) in [6.07, 6.45) is 0. The van der Waals surface area contributed by atoms with Crippen LogP contribution in [0.15, 0.2) is 211 Å². The van der Waals surface area contributed by atoms with Crippen molar-refractivity contribution in [2.45, 2.75) is 0 Å². The average Bonchev–Trinajstić information content (AvgIpc) is 3.65. The van der Waals surface area contributed by atoms with Gasteiger partial charge < -0.3 is 19.0 Å². The van der Waals surface area contributed by atoms with Gasteiger partial charge >= 0.3 is 0 Å². The minimum atomic E-state index is 0.799. The van der Waals surface area contributed by atoms with E-state index < -0.39 is 0 Å². The van der Waals surface area contributed by atoms with Crippen molar-refractivity contribution in [3.63, 3.8) is 0 Å². The minimum absolute atomic E-state index is 0.799. The average molecular weight is 719 g/mol. The van der Waals surface area contributed by atoms with Gasteiger partial charge in [-0.1, -0.05) is 133 Å². The Labute approximate surface area is 324 Å². The van der Waals surface area contributed by atoms with Crippen molar-refractivity contribution in [3.8, 4) is 33.8 Å². The number of rotatable bonds is 7. The van der Waals surface area contributed by atoms with Crippen LogP contribution in [0.3, 0.4) is 0 Å². The third-order valence-corrected chi connectivity index (χ3v) is 10.8. The molecule has 1 aliphatic heterocycles. The Balaban J connectivity index is 1.12. The van der Waals surface area contributed by atoms with Crippen LogP contribution in [0, 0.1) is 0 Å². The smallest absolute Gasteiger partial charge is 0.159 e. The summed E-state index contributed by atoms with van der Waals surface area (Å²) in [4.78, 5) is 4.56. The van der Waals surface area contributed by atoms with Crippen molar-refractivity contribution in [3.05, 3.63) is 206 Å². The maximum atomic E-state index is 7.23. The molecule has 0 saturated heterocycles. The molecule has 0 unspecified atom stereocenters. The minimum Gasteiger partial charge on any atom is -0.454 e. The van der Waals surface area contributed by atoms with Crippen LogP contribution < -0.4 is 14.5 Å². The molecular formula is C52H34N2O2. The molecule has 264 valence electrons.